The van der Waals surface area contributed by atoms with Gasteiger partial charge in [0, 0.05) is 5.56 Å². The molecule has 0 saturated carbocycles. The van der Waals surface area contributed by atoms with E-state index in [1.165, 1.54) is 7.11 Å². The van der Waals surface area contributed by atoms with Crippen LogP contribution in [0.5, 0.6) is 5.75 Å². The summed E-state index contributed by atoms with van der Waals surface area (Å²) in [5, 5.41) is 8.64. The quantitative estimate of drug-likeness (QED) is 0.615. The fourth-order valence-electron chi connectivity index (χ4n) is 1.58. The number of methoxy groups -OCH3 is 1. The van der Waals surface area contributed by atoms with Gasteiger partial charge >= 0.3 is 5.97 Å². The van der Waals surface area contributed by atoms with Crippen molar-refractivity contribution in [3.63, 3.8) is 0 Å². The molecule has 6 heteroatoms. The topological polar surface area (TPSA) is 116 Å². The van der Waals surface area contributed by atoms with E-state index in [9.17, 15) is 9.59 Å². The monoisotopic (exact) mass is 266 g/mol. The van der Waals surface area contributed by atoms with Gasteiger partial charge in [-0.2, -0.15) is 0 Å². The summed E-state index contributed by atoms with van der Waals surface area (Å²) >= 11 is 0. The standard InChI is InChI=1S/C13H18N2O4/c1-19-9-4-2-8(3-5-9)12(16)10(14)6-7-11(15)13(17)18/h2-5,10-11H,6-7,14-15H2,1H3,(H,17,18). The van der Waals surface area contributed by atoms with Crippen LogP contribution in [-0.4, -0.2) is 36.1 Å². The number of Topliss-reactive ketones (excluding diaryl/α,β-unsaturated/α-hetero) is 1. The van der Waals surface area contributed by atoms with Gasteiger partial charge < -0.3 is 21.3 Å². The highest BCUT2D eigenvalue weighted by atomic mass is 16.5. The highest BCUT2D eigenvalue weighted by molar-refractivity contribution is 6.00. The molecular formula is C13H18N2O4. The van der Waals surface area contributed by atoms with Gasteiger partial charge in [-0.1, -0.05) is 0 Å². The van der Waals surface area contributed by atoms with Gasteiger partial charge in [-0.15, -0.1) is 0 Å². The molecule has 0 bridgehead atoms. The Morgan fingerprint density at radius 1 is 1.16 bits per heavy atom. The minimum atomic E-state index is -1.09. The Bertz CT molecular complexity index is 444. The minimum Gasteiger partial charge on any atom is -0.497 e. The predicted molar refractivity (Wildman–Crippen MR) is 70.1 cm³/mol. The zero-order valence-corrected chi connectivity index (χ0v) is 10.7. The first-order chi connectivity index (χ1) is 8.95. The Balaban J connectivity index is 2.58. The van der Waals surface area contributed by atoms with E-state index in [0.717, 1.165) is 0 Å². The van der Waals surface area contributed by atoms with Crippen LogP contribution < -0.4 is 16.2 Å². The fraction of sp³-hybridized carbons (Fsp3) is 0.385. The lowest BCUT2D eigenvalue weighted by molar-refractivity contribution is -0.138. The summed E-state index contributed by atoms with van der Waals surface area (Å²) in [6.07, 6.45) is 0.400. The van der Waals surface area contributed by atoms with Crippen LogP contribution in [0.2, 0.25) is 0 Å². The number of ketones is 1. The number of nitrogens with two attached hydrogens (primary N) is 2. The molecule has 2 atom stereocenters. The maximum atomic E-state index is 12.0. The van der Waals surface area contributed by atoms with Gasteiger partial charge in [0.1, 0.15) is 11.8 Å². The normalized spacial score (nSPS) is 13.6. The third kappa shape index (κ3) is 4.35. The van der Waals surface area contributed by atoms with Gasteiger partial charge in [0.15, 0.2) is 5.78 Å². The first-order valence-corrected chi connectivity index (χ1v) is 5.88. The molecule has 0 fully saturated rings. The molecule has 2 unspecified atom stereocenters. The van der Waals surface area contributed by atoms with Crippen LogP contribution >= 0.6 is 0 Å². The van der Waals surface area contributed by atoms with E-state index < -0.39 is 18.1 Å². The molecule has 5 N–H and O–H groups in total. The zero-order chi connectivity index (χ0) is 14.4. The van der Waals surface area contributed by atoms with Crippen LogP contribution in [0.25, 0.3) is 0 Å². The lowest BCUT2D eigenvalue weighted by Crippen LogP contribution is -2.36. The average Bonchev–Trinajstić information content (AvgIpc) is 2.43. The molecule has 0 spiro atoms. The fourth-order valence-corrected chi connectivity index (χ4v) is 1.58. The molecule has 6 nitrogen and oxygen atoms in total. The third-order valence-electron chi connectivity index (χ3n) is 2.82. The number of benzene rings is 1. The van der Waals surface area contributed by atoms with Crippen molar-refractivity contribution in [1.29, 1.82) is 0 Å². The molecule has 1 rings (SSSR count). The van der Waals surface area contributed by atoms with Crippen molar-refractivity contribution < 1.29 is 19.4 Å². The van der Waals surface area contributed by atoms with E-state index in [-0.39, 0.29) is 18.6 Å². The molecule has 0 radical (unpaired) electrons. The van der Waals surface area contributed by atoms with Crippen LogP contribution in [0, 0.1) is 0 Å². The molecule has 0 amide bonds. The summed E-state index contributed by atoms with van der Waals surface area (Å²) < 4.78 is 4.99. The van der Waals surface area contributed by atoms with Crippen molar-refractivity contribution >= 4 is 11.8 Å². The van der Waals surface area contributed by atoms with Crippen molar-refractivity contribution in [1.82, 2.24) is 0 Å². The maximum Gasteiger partial charge on any atom is 0.320 e. The Morgan fingerprint density at radius 3 is 2.16 bits per heavy atom. The number of carboxylic acid groups (broad SMARTS) is 1. The summed E-state index contributed by atoms with van der Waals surface area (Å²) in [6.45, 7) is 0. The smallest absolute Gasteiger partial charge is 0.320 e. The van der Waals surface area contributed by atoms with Gasteiger partial charge in [-0.05, 0) is 37.1 Å². The summed E-state index contributed by atoms with van der Waals surface area (Å²) in [6, 6.07) is 4.84. The summed E-state index contributed by atoms with van der Waals surface area (Å²) in [4.78, 5) is 22.5. The van der Waals surface area contributed by atoms with E-state index in [2.05, 4.69) is 0 Å². The number of carbonyl (C=O) groups is 2. The Kier molecular flexibility index (Phi) is 5.47. The minimum absolute atomic E-state index is 0.165. The summed E-state index contributed by atoms with van der Waals surface area (Å²) in [5.41, 5.74) is 11.6. The van der Waals surface area contributed by atoms with E-state index in [1.54, 1.807) is 24.3 Å². The highest BCUT2D eigenvalue weighted by Crippen LogP contribution is 2.13. The molecule has 0 aliphatic rings. The second kappa shape index (κ2) is 6.86. The third-order valence-corrected chi connectivity index (χ3v) is 2.82. The number of rotatable bonds is 7. The number of aliphatic carboxylic acids is 1. The average molecular weight is 266 g/mol. The van der Waals surface area contributed by atoms with Crippen LogP contribution in [0.3, 0.4) is 0 Å². The molecule has 0 aliphatic carbocycles. The Morgan fingerprint density at radius 2 is 1.68 bits per heavy atom. The zero-order valence-electron chi connectivity index (χ0n) is 10.7. The van der Waals surface area contributed by atoms with E-state index >= 15 is 0 Å². The molecule has 19 heavy (non-hydrogen) atoms. The molecule has 0 aliphatic heterocycles. The lowest BCUT2D eigenvalue weighted by Gasteiger charge is -2.12. The second-order valence-electron chi connectivity index (χ2n) is 4.22. The second-order valence-corrected chi connectivity index (χ2v) is 4.22. The van der Waals surface area contributed by atoms with Crippen molar-refractivity contribution in [2.24, 2.45) is 11.5 Å². The van der Waals surface area contributed by atoms with Crippen molar-refractivity contribution in [3.8, 4) is 5.75 Å². The van der Waals surface area contributed by atoms with Crippen LogP contribution in [0.1, 0.15) is 23.2 Å². The summed E-state index contributed by atoms with van der Waals surface area (Å²) in [5.74, 6) is -0.678. The molecular weight excluding hydrogens is 248 g/mol. The Labute approximate surface area is 111 Å². The van der Waals surface area contributed by atoms with E-state index in [4.69, 9.17) is 21.3 Å². The first-order valence-electron chi connectivity index (χ1n) is 5.88. The van der Waals surface area contributed by atoms with E-state index in [0.29, 0.717) is 11.3 Å². The number of hydrogen-bond acceptors (Lipinski definition) is 5. The summed E-state index contributed by atoms with van der Waals surface area (Å²) in [7, 11) is 1.54. The van der Waals surface area contributed by atoms with Gasteiger partial charge in [0.05, 0.1) is 13.2 Å². The van der Waals surface area contributed by atoms with E-state index in [1.807, 2.05) is 0 Å². The molecule has 0 aromatic heterocycles. The van der Waals surface area contributed by atoms with Crippen molar-refractivity contribution in [3.05, 3.63) is 29.8 Å². The maximum absolute atomic E-state index is 12.0. The number of hydrogen-bond donors (Lipinski definition) is 3. The lowest BCUT2D eigenvalue weighted by atomic mass is 9.99. The Hall–Kier alpha value is -1.92. The SMILES string of the molecule is COc1ccc(C(=O)C(N)CCC(N)C(=O)O)cc1. The molecule has 0 saturated heterocycles. The highest BCUT2D eigenvalue weighted by Gasteiger charge is 2.19. The van der Waals surface area contributed by atoms with Crippen LogP contribution in [0.15, 0.2) is 24.3 Å². The van der Waals surface area contributed by atoms with Crippen molar-refractivity contribution in [2.75, 3.05) is 7.11 Å². The van der Waals surface area contributed by atoms with Crippen LogP contribution in [-0.2, 0) is 4.79 Å². The van der Waals surface area contributed by atoms with Gasteiger partial charge in [-0.3, -0.25) is 9.59 Å². The largest absolute Gasteiger partial charge is 0.497 e. The van der Waals surface area contributed by atoms with Crippen molar-refractivity contribution in [2.45, 2.75) is 24.9 Å². The van der Waals surface area contributed by atoms with Gasteiger partial charge in [0.2, 0.25) is 0 Å². The number of ether oxygens (including phenoxy) is 1. The van der Waals surface area contributed by atoms with Gasteiger partial charge in [-0.25, -0.2) is 0 Å². The molecule has 1 aromatic rings. The molecule has 1 aromatic carbocycles. The van der Waals surface area contributed by atoms with Crippen LogP contribution in [0.4, 0.5) is 0 Å². The molecule has 104 valence electrons. The number of carbonyl (C=O) groups excluding carboxylic acids is 1. The van der Waals surface area contributed by atoms with Gasteiger partial charge in [0.25, 0.3) is 0 Å². The molecule has 0 heterocycles. The number of carboxylic acids is 1. The predicted octanol–water partition coefficient (Wildman–Crippen LogP) is 0.397. The first kappa shape index (κ1) is 15.1.